The first-order valence-corrected chi connectivity index (χ1v) is 7.46. The van der Waals surface area contributed by atoms with Crippen LogP contribution < -0.4 is 0 Å². The zero-order valence-corrected chi connectivity index (χ0v) is 9.95. The van der Waals surface area contributed by atoms with Crippen LogP contribution in [0, 0.1) is 5.92 Å². The topological polar surface area (TPSA) is 74.7 Å². The minimum atomic E-state index is -2.87. The van der Waals surface area contributed by atoms with E-state index in [2.05, 4.69) is 0 Å². The van der Waals surface area contributed by atoms with Crippen LogP contribution in [0.3, 0.4) is 0 Å². The standard InChI is InChI=1S/C10H17NO4S/c12-10(13)7-9(8-1-2-8)11-3-5-16(14,15)6-4-11/h8-9H,1-7H2,(H,12,13). The van der Waals surface area contributed by atoms with Gasteiger partial charge in [0.15, 0.2) is 9.84 Å². The van der Waals surface area contributed by atoms with Crippen molar-refractivity contribution in [2.45, 2.75) is 25.3 Å². The maximum absolute atomic E-state index is 11.3. The largest absolute Gasteiger partial charge is 0.481 e. The Hall–Kier alpha value is -0.620. The second-order valence-corrected chi connectivity index (χ2v) is 6.99. The zero-order valence-electron chi connectivity index (χ0n) is 9.13. The third-order valence-electron chi connectivity index (χ3n) is 3.40. The van der Waals surface area contributed by atoms with Crippen molar-refractivity contribution in [2.24, 2.45) is 5.92 Å². The molecule has 2 aliphatic rings. The number of rotatable bonds is 4. The van der Waals surface area contributed by atoms with Crippen molar-refractivity contribution in [3.8, 4) is 0 Å². The summed E-state index contributed by atoms with van der Waals surface area (Å²) in [6.45, 7) is 0.994. The first kappa shape index (κ1) is 11.9. The molecule has 2 fully saturated rings. The van der Waals surface area contributed by atoms with E-state index in [1.165, 1.54) is 0 Å². The summed E-state index contributed by atoms with van der Waals surface area (Å²) in [6, 6.07) is 0.0491. The molecule has 0 aromatic heterocycles. The molecule has 16 heavy (non-hydrogen) atoms. The third kappa shape index (κ3) is 2.95. The highest BCUT2D eigenvalue weighted by Gasteiger charge is 2.38. The van der Waals surface area contributed by atoms with Crippen molar-refractivity contribution < 1.29 is 18.3 Å². The fourth-order valence-electron chi connectivity index (χ4n) is 2.31. The molecule has 1 unspecified atom stereocenters. The van der Waals surface area contributed by atoms with Crippen molar-refractivity contribution in [3.05, 3.63) is 0 Å². The Morgan fingerprint density at radius 3 is 2.31 bits per heavy atom. The van der Waals surface area contributed by atoms with E-state index >= 15 is 0 Å². The average Bonchev–Trinajstić information content (AvgIpc) is 2.97. The lowest BCUT2D eigenvalue weighted by Crippen LogP contribution is -2.47. The SMILES string of the molecule is O=C(O)CC(C1CC1)N1CCS(=O)(=O)CC1. The van der Waals surface area contributed by atoms with Gasteiger partial charge in [0.1, 0.15) is 0 Å². The Kier molecular flexibility index (Phi) is 3.21. The number of carboxylic acid groups (broad SMARTS) is 1. The van der Waals surface area contributed by atoms with E-state index in [4.69, 9.17) is 5.11 Å². The molecule has 0 aromatic rings. The Balaban J connectivity index is 1.96. The van der Waals surface area contributed by atoms with E-state index < -0.39 is 15.8 Å². The smallest absolute Gasteiger partial charge is 0.304 e. The fourth-order valence-corrected chi connectivity index (χ4v) is 3.54. The van der Waals surface area contributed by atoms with Gasteiger partial charge in [-0.1, -0.05) is 0 Å². The maximum atomic E-state index is 11.3. The number of sulfone groups is 1. The number of aliphatic carboxylic acids is 1. The number of nitrogens with zero attached hydrogens (tertiary/aromatic N) is 1. The first-order valence-electron chi connectivity index (χ1n) is 5.64. The molecule has 0 radical (unpaired) electrons. The van der Waals surface area contributed by atoms with Gasteiger partial charge in [-0.2, -0.15) is 0 Å². The molecule has 1 aliphatic carbocycles. The van der Waals surface area contributed by atoms with Gasteiger partial charge in [0.05, 0.1) is 17.9 Å². The number of hydrogen-bond acceptors (Lipinski definition) is 4. The summed E-state index contributed by atoms with van der Waals surface area (Å²) in [4.78, 5) is 12.8. The molecule has 2 rings (SSSR count). The molecule has 0 amide bonds. The highest BCUT2D eigenvalue weighted by molar-refractivity contribution is 7.91. The van der Waals surface area contributed by atoms with Crippen LogP contribution in [-0.4, -0.2) is 55.0 Å². The molecule has 0 bridgehead atoms. The molecule has 0 aromatic carbocycles. The fraction of sp³-hybridized carbons (Fsp3) is 0.900. The number of carboxylic acids is 1. The van der Waals surface area contributed by atoms with E-state index in [1.807, 2.05) is 4.90 Å². The van der Waals surface area contributed by atoms with E-state index in [1.54, 1.807) is 0 Å². The summed E-state index contributed by atoms with van der Waals surface area (Å²) >= 11 is 0. The Labute approximate surface area is 95.4 Å². The molecule has 1 aliphatic heterocycles. The van der Waals surface area contributed by atoms with E-state index in [-0.39, 0.29) is 24.0 Å². The van der Waals surface area contributed by atoms with Crippen LogP contribution in [0.5, 0.6) is 0 Å². The van der Waals surface area contributed by atoms with Gasteiger partial charge < -0.3 is 5.11 Å². The molecular weight excluding hydrogens is 230 g/mol. The Morgan fingerprint density at radius 2 is 1.88 bits per heavy atom. The van der Waals surface area contributed by atoms with Gasteiger partial charge in [-0.15, -0.1) is 0 Å². The molecule has 1 atom stereocenters. The summed E-state index contributed by atoms with van der Waals surface area (Å²) in [5, 5.41) is 8.85. The maximum Gasteiger partial charge on any atom is 0.304 e. The molecule has 6 heteroatoms. The summed E-state index contributed by atoms with van der Waals surface area (Å²) in [6.07, 6.45) is 2.31. The van der Waals surface area contributed by atoms with Gasteiger partial charge >= 0.3 is 5.97 Å². The van der Waals surface area contributed by atoms with E-state index in [0.29, 0.717) is 19.0 Å². The number of carbonyl (C=O) groups is 1. The highest BCUT2D eigenvalue weighted by atomic mass is 32.2. The van der Waals surface area contributed by atoms with Gasteiger partial charge in [0.2, 0.25) is 0 Å². The zero-order chi connectivity index (χ0) is 11.8. The molecule has 1 saturated carbocycles. The minimum absolute atomic E-state index is 0.0491. The van der Waals surface area contributed by atoms with Gasteiger partial charge in [0.25, 0.3) is 0 Å². The van der Waals surface area contributed by atoms with Crippen molar-refractivity contribution in [1.29, 1.82) is 0 Å². The lowest BCUT2D eigenvalue weighted by Gasteiger charge is -2.33. The van der Waals surface area contributed by atoms with Crippen LogP contribution >= 0.6 is 0 Å². The monoisotopic (exact) mass is 247 g/mol. The predicted octanol–water partition coefficient (Wildman–Crippen LogP) is -0.0299. The lowest BCUT2D eigenvalue weighted by atomic mass is 10.1. The van der Waals surface area contributed by atoms with Gasteiger partial charge in [-0.3, -0.25) is 9.69 Å². The normalized spacial score (nSPS) is 27.5. The summed E-state index contributed by atoms with van der Waals surface area (Å²) in [7, 11) is -2.87. The average molecular weight is 247 g/mol. The molecule has 1 saturated heterocycles. The second kappa shape index (κ2) is 4.33. The quantitative estimate of drug-likeness (QED) is 0.755. The van der Waals surface area contributed by atoms with Crippen molar-refractivity contribution in [1.82, 2.24) is 4.90 Å². The molecule has 1 N–H and O–H groups in total. The van der Waals surface area contributed by atoms with Crippen molar-refractivity contribution in [3.63, 3.8) is 0 Å². The summed E-state index contributed by atoms with van der Waals surface area (Å²) in [5.74, 6) is 0.0355. The number of hydrogen-bond donors (Lipinski definition) is 1. The van der Waals surface area contributed by atoms with Crippen LogP contribution in [0.25, 0.3) is 0 Å². The predicted molar refractivity (Wildman–Crippen MR) is 59.0 cm³/mol. The van der Waals surface area contributed by atoms with Crippen LogP contribution in [-0.2, 0) is 14.6 Å². The van der Waals surface area contributed by atoms with Crippen LogP contribution in [0.1, 0.15) is 19.3 Å². The van der Waals surface area contributed by atoms with Crippen LogP contribution in [0.15, 0.2) is 0 Å². The lowest BCUT2D eigenvalue weighted by molar-refractivity contribution is -0.138. The van der Waals surface area contributed by atoms with Crippen molar-refractivity contribution in [2.75, 3.05) is 24.6 Å². The highest BCUT2D eigenvalue weighted by Crippen LogP contribution is 2.37. The molecular formula is C10H17NO4S. The summed E-state index contributed by atoms with van der Waals surface area (Å²) < 4.78 is 22.6. The van der Waals surface area contributed by atoms with Gasteiger partial charge in [-0.05, 0) is 18.8 Å². The van der Waals surface area contributed by atoms with Crippen LogP contribution in [0.2, 0.25) is 0 Å². The second-order valence-electron chi connectivity index (χ2n) is 4.69. The van der Waals surface area contributed by atoms with E-state index in [9.17, 15) is 13.2 Å². The first-order chi connectivity index (χ1) is 7.48. The van der Waals surface area contributed by atoms with Crippen LogP contribution in [0.4, 0.5) is 0 Å². The van der Waals surface area contributed by atoms with Gasteiger partial charge in [-0.25, -0.2) is 8.42 Å². The van der Waals surface area contributed by atoms with Gasteiger partial charge in [0, 0.05) is 19.1 Å². The Bertz CT molecular complexity index is 360. The molecule has 1 heterocycles. The van der Waals surface area contributed by atoms with E-state index in [0.717, 1.165) is 12.8 Å². The Morgan fingerprint density at radius 1 is 1.31 bits per heavy atom. The third-order valence-corrected chi connectivity index (χ3v) is 5.01. The van der Waals surface area contributed by atoms with Crippen molar-refractivity contribution >= 4 is 15.8 Å². The molecule has 5 nitrogen and oxygen atoms in total. The molecule has 0 spiro atoms. The summed E-state index contributed by atoms with van der Waals surface area (Å²) in [5.41, 5.74) is 0. The molecule has 92 valence electrons. The minimum Gasteiger partial charge on any atom is -0.481 e.